The Balaban J connectivity index is 1.33. The van der Waals surface area contributed by atoms with Gasteiger partial charge in [0.2, 0.25) is 0 Å². The van der Waals surface area contributed by atoms with Gasteiger partial charge < -0.3 is 0 Å². The summed E-state index contributed by atoms with van der Waals surface area (Å²) in [5.74, 6) is 2.02. The first-order valence-electron chi connectivity index (χ1n) is 10.6. The first kappa shape index (κ1) is 18.1. The van der Waals surface area contributed by atoms with E-state index in [1.54, 1.807) is 0 Å². The Kier molecular flexibility index (Phi) is 10.0. The molecule has 0 spiro atoms. The van der Waals surface area contributed by atoms with Gasteiger partial charge in [0.05, 0.1) is 0 Å². The van der Waals surface area contributed by atoms with Gasteiger partial charge in [-0.15, -0.1) is 0 Å². The van der Waals surface area contributed by atoms with Gasteiger partial charge in [-0.3, -0.25) is 0 Å². The zero-order valence-electron chi connectivity index (χ0n) is 15.0. The van der Waals surface area contributed by atoms with E-state index in [1.165, 1.54) is 116 Å². The maximum Gasteiger partial charge on any atom is -0.0234 e. The molecule has 2 aliphatic rings. The summed E-state index contributed by atoms with van der Waals surface area (Å²) in [5.41, 5.74) is 0. The molecule has 0 aromatic rings. The summed E-state index contributed by atoms with van der Waals surface area (Å²) in [6, 6.07) is 0. The Morgan fingerprint density at radius 3 is 1.91 bits per heavy atom. The first-order chi connectivity index (χ1) is 10.9. The molecule has 0 aliphatic heterocycles. The lowest BCUT2D eigenvalue weighted by atomic mass is 9.85. The van der Waals surface area contributed by atoms with Crippen molar-refractivity contribution in [3.63, 3.8) is 0 Å². The molecule has 2 saturated carbocycles. The molecule has 2 fully saturated rings. The minimum atomic E-state index is 0.925. The van der Waals surface area contributed by atoms with Crippen LogP contribution in [-0.4, -0.2) is 0 Å². The third kappa shape index (κ3) is 8.39. The summed E-state index contributed by atoms with van der Waals surface area (Å²) >= 11 is 0. The largest absolute Gasteiger partial charge is 0.0883 e. The van der Waals surface area contributed by atoms with Gasteiger partial charge in [-0.25, -0.2) is 0 Å². The van der Waals surface area contributed by atoms with Gasteiger partial charge in [-0.05, 0) is 37.5 Å². The molecular formula is C22H40. The zero-order valence-corrected chi connectivity index (χ0v) is 15.0. The third-order valence-electron chi connectivity index (χ3n) is 6.02. The van der Waals surface area contributed by atoms with Crippen LogP contribution in [0.3, 0.4) is 0 Å². The molecule has 22 heavy (non-hydrogen) atoms. The fourth-order valence-electron chi connectivity index (χ4n) is 4.49. The quantitative estimate of drug-likeness (QED) is 0.285. The van der Waals surface area contributed by atoms with E-state index < -0.39 is 0 Å². The maximum absolute atomic E-state index is 2.53. The SMILES string of the molecule is C(=CC1CCCCC1)CCCCCCCCC1CCCCC1. The molecule has 0 amide bonds. The average molecular weight is 305 g/mol. The van der Waals surface area contributed by atoms with Crippen LogP contribution in [-0.2, 0) is 0 Å². The van der Waals surface area contributed by atoms with Gasteiger partial charge in [0, 0.05) is 0 Å². The monoisotopic (exact) mass is 304 g/mol. The standard InChI is InChI=1S/C22H40/c1(3-5-9-15-21-17-11-7-12-18-21)2-4-6-10-16-22-19-13-8-14-20-22/h9,15,21-22H,1-8,10-14,16-20H2. The van der Waals surface area contributed by atoms with Crippen molar-refractivity contribution in [2.45, 2.75) is 116 Å². The molecule has 0 saturated heterocycles. The smallest absolute Gasteiger partial charge is 0.0234 e. The highest BCUT2D eigenvalue weighted by Gasteiger charge is 2.12. The van der Waals surface area contributed by atoms with Crippen molar-refractivity contribution in [2.24, 2.45) is 11.8 Å². The molecule has 0 bridgehead atoms. The lowest BCUT2D eigenvalue weighted by Gasteiger charge is -2.21. The fourth-order valence-corrected chi connectivity index (χ4v) is 4.49. The van der Waals surface area contributed by atoms with Crippen molar-refractivity contribution < 1.29 is 0 Å². The molecule has 2 rings (SSSR count). The molecule has 2 aliphatic carbocycles. The van der Waals surface area contributed by atoms with Crippen molar-refractivity contribution in [2.75, 3.05) is 0 Å². The number of allylic oxidation sites excluding steroid dienone is 2. The van der Waals surface area contributed by atoms with Crippen molar-refractivity contribution in [1.82, 2.24) is 0 Å². The highest BCUT2D eigenvalue weighted by molar-refractivity contribution is 4.89. The van der Waals surface area contributed by atoms with Gasteiger partial charge in [0.15, 0.2) is 0 Å². The predicted molar refractivity (Wildman–Crippen MR) is 99.2 cm³/mol. The van der Waals surface area contributed by atoms with Crippen LogP contribution in [0.1, 0.15) is 116 Å². The summed E-state index contributed by atoms with van der Waals surface area (Å²) in [4.78, 5) is 0. The van der Waals surface area contributed by atoms with E-state index in [0.29, 0.717) is 0 Å². The van der Waals surface area contributed by atoms with Crippen LogP contribution in [0.4, 0.5) is 0 Å². The van der Waals surface area contributed by atoms with E-state index in [-0.39, 0.29) is 0 Å². The van der Waals surface area contributed by atoms with Crippen LogP contribution < -0.4 is 0 Å². The van der Waals surface area contributed by atoms with E-state index in [0.717, 1.165) is 11.8 Å². The van der Waals surface area contributed by atoms with Gasteiger partial charge in [0.1, 0.15) is 0 Å². The number of rotatable bonds is 10. The molecule has 0 heteroatoms. The van der Waals surface area contributed by atoms with E-state index in [2.05, 4.69) is 12.2 Å². The molecule has 0 atom stereocenters. The summed E-state index contributed by atoms with van der Waals surface area (Å²) in [6.45, 7) is 0. The molecule has 0 radical (unpaired) electrons. The predicted octanol–water partition coefficient (Wildman–Crippen LogP) is 7.82. The molecule has 128 valence electrons. The highest BCUT2D eigenvalue weighted by Crippen LogP contribution is 2.28. The van der Waals surface area contributed by atoms with Crippen LogP contribution in [0.15, 0.2) is 12.2 Å². The second-order valence-electron chi connectivity index (χ2n) is 8.03. The van der Waals surface area contributed by atoms with E-state index in [4.69, 9.17) is 0 Å². The second kappa shape index (κ2) is 12.2. The fraction of sp³-hybridized carbons (Fsp3) is 0.909. The van der Waals surface area contributed by atoms with Crippen molar-refractivity contribution in [3.8, 4) is 0 Å². The third-order valence-corrected chi connectivity index (χ3v) is 6.02. The van der Waals surface area contributed by atoms with Crippen LogP contribution >= 0.6 is 0 Å². The van der Waals surface area contributed by atoms with Crippen LogP contribution in [0.2, 0.25) is 0 Å². The Morgan fingerprint density at radius 1 is 0.591 bits per heavy atom. The van der Waals surface area contributed by atoms with E-state index in [9.17, 15) is 0 Å². The Hall–Kier alpha value is -0.260. The van der Waals surface area contributed by atoms with Crippen molar-refractivity contribution in [3.05, 3.63) is 12.2 Å². The number of unbranched alkanes of at least 4 members (excludes halogenated alkanes) is 6. The number of hydrogen-bond donors (Lipinski definition) is 0. The molecule has 0 nitrogen and oxygen atoms in total. The van der Waals surface area contributed by atoms with Gasteiger partial charge >= 0.3 is 0 Å². The summed E-state index contributed by atoms with van der Waals surface area (Å²) in [6.07, 6.45) is 31.6. The molecule has 0 aromatic heterocycles. The lowest BCUT2D eigenvalue weighted by Crippen LogP contribution is -2.05. The summed E-state index contributed by atoms with van der Waals surface area (Å²) in [7, 11) is 0. The minimum absolute atomic E-state index is 0.925. The Bertz CT molecular complexity index is 266. The van der Waals surface area contributed by atoms with Crippen LogP contribution in [0.5, 0.6) is 0 Å². The number of hydrogen-bond acceptors (Lipinski definition) is 0. The Morgan fingerprint density at radius 2 is 1.18 bits per heavy atom. The molecule has 0 heterocycles. The van der Waals surface area contributed by atoms with Crippen LogP contribution in [0, 0.1) is 11.8 Å². The Labute approximate surface area is 140 Å². The highest BCUT2D eigenvalue weighted by atomic mass is 14.2. The van der Waals surface area contributed by atoms with Gasteiger partial charge in [0.25, 0.3) is 0 Å². The first-order valence-corrected chi connectivity index (χ1v) is 10.6. The maximum atomic E-state index is 2.53. The molecule has 0 unspecified atom stereocenters. The zero-order chi connectivity index (χ0) is 15.3. The molecule has 0 aromatic carbocycles. The normalized spacial score (nSPS) is 21.6. The molecule has 0 N–H and O–H groups in total. The van der Waals surface area contributed by atoms with Crippen LogP contribution in [0.25, 0.3) is 0 Å². The summed E-state index contributed by atoms with van der Waals surface area (Å²) < 4.78 is 0. The average Bonchev–Trinajstić information content (AvgIpc) is 2.58. The van der Waals surface area contributed by atoms with E-state index >= 15 is 0 Å². The second-order valence-corrected chi connectivity index (χ2v) is 8.03. The molecular weight excluding hydrogens is 264 g/mol. The lowest BCUT2D eigenvalue weighted by molar-refractivity contribution is 0.328. The van der Waals surface area contributed by atoms with Gasteiger partial charge in [-0.1, -0.05) is 102 Å². The topological polar surface area (TPSA) is 0 Å². The van der Waals surface area contributed by atoms with E-state index in [1.807, 2.05) is 0 Å². The van der Waals surface area contributed by atoms with Crippen molar-refractivity contribution in [1.29, 1.82) is 0 Å². The minimum Gasteiger partial charge on any atom is -0.0883 e. The summed E-state index contributed by atoms with van der Waals surface area (Å²) in [5, 5.41) is 0. The van der Waals surface area contributed by atoms with Gasteiger partial charge in [-0.2, -0.15) is 0 Å². The van der Waals surface area contributed by atoms with Crippen molar-refractivity contribution >= 4 is 0 Å².